The fourth-order valence-electron chi connectivity index (χ4n) is 1.51. The Morgan fingerprint density at radius 1 is 1.43 bits per heavy atom. The zero-order valence-electron chi connectivity index (χ0n) is 8.93. The monoisotopic (exact) mass is 186 g/mol. The SMILES string of the molecule is CCCCCc1c[c]c(C)cc1C#N. The standard InChI is InChI=1S/C13H16N/c1-3-4-5-6-12-8-7-11(2)9-13(12)10-14/h8-9H,3-6H2,1-2H3. The van der Waals surface area contributed by atoms with Crippen molar-refractivity contribution in [2.24, 2.45) is 0 Å². The van der Waals surface area contributed by atoms with Crippen molar-refractivity contribution < 1.29 is 0 Å². The fraction of sp³-hybridized carbons (Fsp3) is 0.462. The average Bonchev–Trinajstić information content (AvgIpc) is 2.20. The van der Waals surface area contributed by atoms with Crippen LogP contribution in [0.25, 0.3) is 0 Å². The molecule has 1 heteroatoms. The maximum atomic E-state index is 8.94. The van der Waals surface area contributed by atoms with E-state index < -0.39 is 0 Å². The molecule has 0 aliphatic heterocycles. The van der Waals surface area contributed by atoms with E-state index >= 15 is 0 Å². The zero-order valence-corrected chi connectivity index (χ0v) is 8.93. The Morgan fingerprint density at radius 3 is 2.86 bits per heavy atom. The summed E-state index contributed by atoms with van der Waals surface area (Å²) in [6.07, 6.45) is 4.63. The number of hydrogen-bond acceptors (Lipinski definition) is 1. The van der Waals surface area contributed by atoms with Gasteiger partial charge in [0, 0.05) is 0 Å². The molecule has 73 valence electrons. The number of nitriles is 1. The lowest BCUT2D eigenvalue weighted by Crippen LogP contribution is -1.91. The van der Waals surface area contributed by atoms with Crippen LogP contribution < -0.4 is 0 Å². The fourth-order valence-corrected chi connectivity index (χ4v) is 1.51. The van der Waals surface area contributed by atoms with Gasteiger partial charge in [-0.1, -0.05) is 19.8 Å². The summed E-state index contributed by atoms with van der Waals surface area (Å²) in [5.41, 5.74) is 3.00. The third-order valence-electron chi connectivity index (χ3n) is 2.35. The van der Waals surface area contributed by atoms with E-state index in [1.807, 2.05) is 19.1 Å². The molecule has 0 heterocycles. The van der Waals surface area contributed by atoms with E-state index in [9.17, 15) is 0 Å². The third-order valence-corrected chi connectivity index (χ3v) is 2.35. The van der Waals surface area contributed by atoms with E-state index in [0.717, 1.165) is 23.1 Å². The van der Waals surface area contributed by atoms with Crippen LogP contribution in [0, 0.1) is 24.3 Å². The molecule has 1 aromatic carbocycles. The average molecular weight is 186 g/mol. The highest BCUT2D eigenvalue weighted by molar-refractivity contribution is 5.39. The summed E-state index contributed by atoms with van der Waals surface area (Å²) in [6.45, 7) is 4.16. The second-order valence-corrected chi connectivity index (χ2v) is 3.62. The molecule has 1 nitrogen and oxygen atoms in total. The van der Waals surface area contributed by atoms with Gasteiger partial charge in [0.05, 0.1) is 11.6 Å². The van der Waals surface area contributed by atoms with Gasteiger partial charge >= 0.3 is 0 Å². The molecule has 1 aromatic rings. The Bertz CT molecular complexity index is 334. The molecule has 1 rings (SSSR count). The van der Waals surface area contributed by atoms with Gasteiger partial charge in [-0.3, -0.25) is 0 Å². The molecule has 0 fully saturated rings. The number of aryl methyl sites for hydroxylation is 2. The largest absolute Gasteiger partial charge is 0.192 e. The molecule has 1 radical (unpaired) electrons. The zero-order chi connectivity index (χ0) is 10.4. The minimum atomic E-state index is 0.817. The lowest BCUT2D eigenvalue weighted by Gasteiger charge is -2.03. The van der Waals surface area contributed by atoms with Gasteiger partial charge in [-0.15, -0.1) is 0 Å². The summed E-state index contributed by atoms with van der Waals surface area (Å²) in [5.74, 6) is 0. The van der Waals surface area contributed by atoms with Crippen LogP contribution in [0.3, 0.4) is 0 Å². The molecule has 0 saturated carbocycles. The molecule has 0 unspecified atom stereocenters. The number of hydrogen-bond donors (Lipinski definition) is 0. The summed E-state index contributed by atoms with van der Waals surface area (Å²) >= 11 is 0. The Balaban J connectivity index is 2.72. The quantitative estimate of drug-likeness (QED) is 0.661. The van der Waals surface area contributed by atoms with Crippen LogP contribution in [0.2, 0.25) is 0 Å². The maximum absolute atomic E-state index is 8.94. The highest BCUT2D eigenvalue weighted by Crippen LogP contribution is 2.13. The van der Waals surface area contributed by atoms with Crippen LogP contribution in [-0.4, -0.2) is 0 Å². The Kier molecular flexibility index (Phi) is 4.19. The molecule has 0 aromatic heterocycles. The van der Waals surface area contributed by atoms with E-state index in [2.05, 4.69) is 19.1 Å². The normalized spacial score (nSPS) is 9.79. The van der Waals surface area contributed by atoms with Crippen molar-refractivity contribution in [2.45, 2.75) is 39.5 Å². The molecule has 0 spiro atoms. The predicted octanol–water partition coefficient (Wildman–Crippen LogP) is 3.40. The number of nitrogens with zero attached hydrogens (tertiary/aromatic N) is 1. The van der Waals surface area contributed by atoms with E-state index in [1.54, 1.807) is 0 Å². The summed E-state index contributed by atoms with van der Waals surface area (Å²) in [5, 5.41) is 8.94. The smallest absolute Gasteiger partial charge is 0.0994 e. The van der Waals surface area contributed by atoms with Crippen LogP contribution in [0.4, 0.5) is 0 Å². The molecule has 0 bridgehead atoms. The van der Waals surface area contributed by atoms with Crippen molar-refractivity contribution in [3.8, 4) is 6.07 Å². The molecule has 0 N–H and O–H groups in total. The van der Waals surface area contributed by atoms with Crippen molar-refractivity contribution in [3.63, 3.8) is 0 Å². The van der Waals surface area contributed by atoms with Gasteiger partial charge in [0.15, 0.2) is 0 Å². The third kappa shape index (κ3) is 2.88. The lowest BCUT2D eigenvalue weighted by atomic mass is 10.0. The van der Waals surface area contributed by atoms with Gasteiger partial charge in [-0.25, -0.2) is 0 Å². The molecule has 0 aliphatic rings. The van der Waals surface area contributed by atoms with Gasteiger partial charge < -0.3 is 0 Å². The Morgan fingerprint density at radius 2 is 2.21 bits per heavy atom. The second kappa shape index (κ2) is 5.44. The van der Waals surface area contributed by atoms with E-state index in [1.165, 1.54) is 19.3 Å². The highest BCUT2D eigenvalue weighted by Gasteiger charge is 2.01. The van der Waals surface area contributed by atoms with Crippen LogP contribution in [0.5, 0.6) is 0 Å². The first-order chi connectivity index (χ1) is 6.77. The Hall–Kier alpha value is -1.29. The van der Waals surface area contributed by atoms with Gasteiger partial charge in [-0.2, -0.15) is 5.26 Å². The topological polar surface area (TPSA) is 23.8 Å². The van der Waals surface area contributed by atoms with Gasteiger partial charge in [0.25, 0.3) is 0 Å². The molecular weight excluding hydrogens is 170 g/mol. The van der Waals surface area contributed by atoms with Crippen molar-refractivity contribution in [2.75, 3.05) is 0 Å². The van der Waals surface area contributed by atoms with Crippen molar-refractivity contribution >= 4 is 0 Å². The molecular formula is C13H16N. The summed E-state index contributed by atoms with van der Waals surface area (Å²) < 4.78 is 0. The van der Waals surface area contributed by atoms with E-state index in [0.29, 0.717) is 0 Å². The highest BCUT2D eigenvalue weighted by atomic mass is 14.2. The van der Waals surface area contributed by atoms with Crippen LogP contribution in [0.15, 0.2) is 12.1 Å². The van der Waals surface area contributed by atoms with E-state index in [-0.39, 0.29) is 0 Å². The first kappa shape index (κ1) is 10.8. The van der Waals surface area contributed by atoms with Crippen LogP contribution >= 0.6 is 0 Å². The first-order valence-corrected chi connectivity index (χ1v) is 5.19. The maximum Gasteiger partial charge on any atom is 0.0994 e. The Labute approximate surface area is 86.4 Å². The minimum Gasteiger partial charge on any atom is -0.192 e. The number of unbranched alkanes of at least 4 members (excludes halogenated alkanes) is 2. The summed E-state index contributed by atoms with van der Waals surface area (Å²) in [4.78, 5) is 0. The van der Waals surface area contributed by atoms with E-state index in [4.69, 9.17) is 5.26 Å². The molecule has 0 saturated heterocycles. The first-order valence-electron chi connectivity index (χ1n) is 5.19. The van der Waals surface area contributed by atoms with Crippen LogP contribution in [-0.2, 0) is 6.42 Å². The molecule has 0 aliphatic carbocycles. The lowest BCUT2D eigenvalue weighted by molar-refractivity contribution is 0.716. The summed E-state index contributed by atoms with van der Waals surface area (Å²) in [6, 6.07) is 9.27. The molecule has 0 atom stereocenters. The van der Waals surface area contributed by atoms with Gasteiger partial charge in [0.2, 0.25) is 0 Å². The van der Waals surface area contributed by atoms with Crippen molar-refractivity contribution in [3.05, 3.63) is 34.9 Å². The molecule has 14 heavy (non-hydrogen) atoms. The minimum absolute atomic E-state index is 0.817. The van der Waals surface area contributed by atoms with Crippen molar-refractivity contribution in [1.82, 2.24) is 0 Å². The van der Waals surface area contributed by atoms with Crippen LogP contribution in [0.1, 0.15) is 42.9 Å². The number of benzene rings is 1. The number of rotatable bonds is 4. The van der Waals surface area contributed by atoms with Gasteiger partial charge in [0.1, 0.15) is 0 Å². The summed E-state index contributed by atoms with van der Waals surface area (Å²) in [7, 11) is 0. The molecule has 0 amide bonds. The van der Waals surface area contributed by atoms with Gasteiger partial charge in [-0.05, 0) is 49.1 Å². The van der Waals surface area contributed by atoms with Crippen molar-refractivity contribution in [1.29, 1.82) is 5.26 Å². The second-order valence-electron chi connectivity index (χ2n) is 3.62. The predicted molar refractivity (Wildman–Crippen MR) is 58.0 cm³/mol.